The van der Waals surface area contributed by atoms with E-state index in [1.807, 2.05) is 12.1 Å². The van der Waals surface area contributed by atoms with Gasteiger partial charge in [0.05, 0.1) is 30.7 Å². The highest BCUT2D eigenvalue weighted by Crippen LogP contribution is 2.26. The van der Waals surface area contributed by atoms with E-state index in [2.05, 4.69) is 30.8 Å². The Kier molecular flexibility index (Phi) is 8.67. The number of rotatable bonds is 10. The van der Waals surface area contributed by atoms with Crippen LogP contribution >= 0.6 is 0 Å². The molecule has 11 heteroatoms. The van der Waals surface area contributed by atoms with Gasteiger partial charge in [-0.1, -0.05) is 12.8 Å². The molecule has 2 aliphatic rings. The van der Waals surface area contributed by atoms with Crippen LogP contribution in [0.4, 0.5) is 27.5 Å². The van der Waals surface area contributed by atoms with Crippen LogP contribution in [0.3, 0.4) is 0 Å². The molecule has 1 saturated carbocycles. The predicted octanol–water partition coefficient (Wildman–Crippen LogP) is 2.27. The lowest BCUT2D eigenvalue weighted by Crippen LogP contribution is -2.43. The van der Waals surface area contributed by atoms with Crippen molar-refractivity contribution >= 4 is 29.0 Å². The van der Waals surface area contributed by atoms with Gasteiger partial charge in [-0.15, -0.1) is 0 Å². The number of anilines is 4. The molecule has 1 amide bonds. The normalized spacial score (nSPS) is 20.9. The molecule has 2 fully saturated rings. The zero-order valence-electron chi connectivity index (χ0n) is 19.9. The number of pyridine rings is 2. The van der Waals surface area contributed by atoms with E-state index in [9.17, 15) is 9.18 Å². The Labute approximate surface area is 205 Å². The van der Waals surface area contributed by atoms with E-state index < -0.39 is 11.7 Å². The molecule has 1 aliphatic carbocycles. The Morgan fingerprint density at radius 3 is 2.71 bits per heavy atom. The first-order chi connectivity index (χ1) is 17.0. The number of nitrogens with zero attached hydrogens (tertiary/aromatic N) is 3. The van der Waals surface area contributed by atoms with Crippen molar-refractivity contribution in [1.29, 1.82) is 0 Å². The van der Waals surface area contributed by atoms with Crippen LogP contribution in [-0.2, 0) is 4.74 Å². The summed E-state index contributed by atoms with van der Waals surface area (Å²) < 4.78 is 20.1. The number of primary amides is 1. The standard InChI is InChI=1S/C24H35FN8O2/c25-18-14-17(22(27)34)23(32-24(18)31-20-5-2-1-4-19(20)26)30-16-6-7-21(29-15-16)28-8-3-9-33-10-12-35-13-11-33/h6-7,14-15,19-20H,1-5,8-13,26H2,(H2,27,34)(H,28,29)(H2,30,31,32)/t19-,20+/m0/s1. The summed E-state index contributed by atoms with van der Waals surface area (Å²) in [4.78, 5) is 23.1. The van der Waals surface area contributed by atoms with Gasteiger partial charge in [0.2, 0.25) is 0 Å². The molecule has 10 nitrogen and oxygen atoms in total. The number of aromatic nitrogens is 2. The Bertz CT molecular complexity index is 984. The summed E-state index contributed by atoms with van der Waals surface area (Å²) in [6.45, 7) is 5.39. The second-order valence-corrected chi connectivity index (χ2v) is 9.07. The number of halogens is 1. The van der Waals surface area contributed by atoms with Gasteiger partial charge in [-0.05, 0) is 44.0 Å². The van der Waals surface area contributed by atoms with Gasteiger partial charge in [0, 0.05) is 31.7 Å². The fourth-order valence-corrected chi connectivity index (χ4v) is 4.44. The molecule has 1 saturated heterocycles. The first-order valence-corrected chi connectivity index (χ1v) is 12.3. The minimum Gasteiger partial charge on any atom is -0.379 e. The molecule has 4 rings (SSSR count). The second-order valence-electron chi connectivity index (χ2n) is 9.07. The molecule has 35 heavy (non-hydrogen) atoms. The van der Waals surface area contributed by atoms with E-state index >= 15 is 0 Å². The Morgan fingerprint density at radius 1 is 1.20 bits per heavy atom. The van der Waals surface area contributed by atoms with Crippen LogP contribution in [0.1, 0.15) is 42.5 Å². The van der Waals surface area contributed by atoms with Gasteiger partial charge >= 0.3 is 0 Å². The number of amides is 1. The number of ether oxygens (including phenoxy) is 1. The third-order valence-corrected chi connectivity index (χ3v) is 6.47. The Balaban J connectivity index is 1.37. The fourth-order valence-electron chi connectivity index (χ4n) is 4.44. The number of carbonyl (C=O) groups excluding carboxylic acids is 1. The molecule has 3 heterocycles. The van der Waals surface area contributed by atoms with Crippen LogP contribution in [0.5, 0.6) is 0 Å². The second kappa shape index (κ2) is 12.1. The third kappa shape index (κ3) is 7.00. The summed E-state index contributed by atoms with van der Waals surface area (Å²) in [6.07, 6.45) is 6.44. The molecular formula is C24H35FN8O2. The number of nitrogens with one attached hydrogen (secondary N) is 3. The summed E-state index contributed by atoms with van der Waals surface area (Å²) in [5, 5.41) is 9.48. The van der Waals surface area contributed by atoms with Crippen molar-refractivity contribution in [2.45, 2.75) is 44.2 Å². The average Bonchev–Trinajstić information content (AvgIpc) is 2.86. The van der Waals surface area contributed by atoms with Crippen LogP contribution in [-0.4, -0.2) is 72.3 Å². The van der Waals surface area contributed by atoms with Crippen molar-refractivity contribution < 1.29 is 13.9 Å². The van der Waals surface area contributed by atoms with Crippen LogP contribution in [0.25, 0.3) is 0 Å². The van der Waals surface area contributed by atoms with Gasteiger partial charge in [-0.25, -0.2) is 14.4 Å². The number of hydrogen-bond donors (Lipinski definition) is 5. The third-order valence-electron chi connectivity index (χ3n) is 6.47. The first kappa shape index (κ1) is 25.1. The summed E-state index contributed by atoms with van der Waals surface area (Å²) in [7, 11) is 0. The highest BCUT2D eigenvalue weighted by molar-refractivity contribution is 5.98. The van der Waals surface area contributed by atoms with Gasteiger partial charge in [0.1, 0.15) is 11.6 Å². The fraction of sp³-hybridized carbons (Fsp3) is 0.542. The lowest BCUT2D eigenvalue weighted by Gasteiger charge is -2.30. The Morgan fingerprint density at radius 2 is 2.00 bits per heavy atom. The molecule has 0 unspecified atom stereocenters. The summed E-state index contributed by atoms with van der Waals surface area (Å²) in [6, 6.07) is 4.61. The molecule has 0 aromatic carbocycles. The summed E-state index contributed by atoms with van der Waals surface area (Å²) in [5.41, 5.74) is 12.2. The molecule has 0 spiro atoms. The van der Waals surface area contributed by atoms with Gasteiger partial charge in [0.15, 0.2) is 11.6 Å². The maximum Gasteiger partial charge on any atom is 0.252 e. The molecule has 2 atom stereocenters. The summed E-state index contributed by atoms with van der Waals surface area (Å²) >= 11 is 0. The highest BCUT2D eigenvalue weighted by Gasteiger charge is 2.24. The van der Waals surface area contributed by atoms with Crippen LogP contribution < -0.4 is 27.4 Å². The smallest absolute Gasteiger partial charge is 0.252 e. The van der Waals surface area contributed by atoms with E-state index in [-0.39, 0.29) is 29.3 Å². The SMILES string of the molecule is NC(=O)c1cc(F)c(N[C@@H]2CCCC[C@@H]2N)nc1Nc1ccc(NCCCN2CCOCC2)nc1. The zero-order valence-corrected chi connectivity index (χ0v) is 19.9. The molecule has 2 aromatic heterocycles. The Hall–Kier alpha value is -3.02. The van der Waals surface area contributed by atoms with Crippen molar-refractivity contribution in [3.63, 3.8) is 0 Å². The summed E-state index contributed by atoms with van der Waals surface area (Å²) in [5.74, 6) is -0.457. The molecule has 190 valence electrons. The van der Waals surface area contributed by atoms with Crippen LogP contribution in [0.15, 0.2) is 24.4 Å². The maximum absolute atomic E-state index is 14.7. The molecule has 2 aromatic rings. The minimum absolute atomic E-state index is 0.0358. The van der Waals surface area contributed by atoms with Crippen molar-refractivity contribution in [2.75, 3.05) is 55.3 Å². The van der Waals surface area contributed by atoms with Crippen LogP contribution in [0.2, 0.25) is 0 Å². The van der Waals surface area contributed by atoms with Gasteiger partial charge in [0.25, 0.3) is 5.91 Å². The predicted molar refractivity (Wildman–Crippen MR) is 134 cm³/mol. The molecule has 0 bridgehead atoms. The average molecular weight is 487 g/mol. The quantitative estimate of drug-likeness (QED) is 0.320. The van der Waals surface area contributed by atoms with Crippen molar-refractivity contribution in [2.24, 2.45) is 11.5 Å². The van der Waals surface area contributed by atoms with Crippen molar-refractivity contribution in [3.8, 4) is 0 Å². The van der Waals surface area contributed by atoms with E-state index in [1.54, 1.807) is 6.20 Å². The van der Waals surface area contributed by atoms with Gasteiger partial charge in [-0.3, -0.25) is 9.69 Å². The number of nitrogens with two attached hydrogens (primary N) is 2. The number of hydrogen-bond acceptors (Lipinski definition) is 9. The molecule has 7 N–H and O–H groups in total. The lowest BCUT2D eigenvalue weighted by molar-refractivity contribution is 0.0378. The van der Waals surface area contributed by atoms with Crippen molar-refractivity contribution in [1.82, 2.24) is 14.9 Å². The van der Waals surface area contributed by atoms with E-state index in [0.29, 0.717) is 5.69 Å². The minimum atomic E-state index is -0.772. The number of morpholine rings is 1. The van der Waals surface area contributed by atoms with Crippen molar-refractivity contribution in [3.05, 3.63) is 35.8 Å². The van der Waals surface area contributed by atoms with Gasteiger partial charge in [-0.2, -0.15) is 0 Å². The first-order valence-electron chi connectivity index (χ1n) is 12.3. The lowest BCUT2D eigenvalue weighted by atomic mass is 9.91. The van der Waals surface area contributed by atoms with Crippen LogP contribution in [0, 0.1) is 5.82 Å². The largest absolute Gasteiger partial charge is 0.379 e. The topological polar surface area (TPSA) is 143 Å². The van der Waals surface area contributed by atoms with Gasteiger partial charge < -0.3 is 32.2 Å². The maximum atomic E-state index is 14.7. The van der Waals surface area contributed by atoms with E-state index in [4.69, 9.17) is 16.2 Å². The molecule has 1 aliphatic heterocycles. The zero-order chi connectivity index (χ0) is 24.6. The molecule has 0 radical (unpaired) electrons. The highest BCUT2D eigenvalue weighted by atomic mass is 19.1. The van der Waals surface area contributed by atoms with E-state index in [0.717, 1.165) is 83.4 Å². The number of carbonyl (C=O) groups is 1. The monoisotopic (exact) mass is 486 g/mol. The molecular weight excluding hydrogens is 451 g/mol. The van der Waals surface area contributed by atoms with E-state index in [1.165, 1.54) is 0 Å².